The topological polar surface area (TPSA) is 122 Å². The molecule has 9 heteroatoms. The van der Waals surface area contributed by atoms with Crippen LogP contribution >= 0.6 is 0 Å². The van der Waals surface area contributed by atoms with E-state index >= 15 is 0 Å². The SMILES string of the molecule is C=CC1OC(C=CC2OC(C=C)C3C(=O)OC(=O)C23)C(C(=O)OC)C1C.O=C=O. The zero-order valence-electron chi connectivity index (χ0n) is 16.0. The molecule has 8 unspecified atom stereocenters. The number of fused-ring (bicyclic) bond motifs is 1. The van der Waals surface area contributed by atoms with Crippen molar-refractivity contribution in [3.63, 3.8) is 0 Å². The first kappa shape index (κ1) is 22.4. The van der Waals surface area contributed by atoms with Crippen molar-refractivity contribution in [1.29, 1.82) is 0 Å². The molecular formula is C20H22O9. The van der Waals surface area contributed by atoms with Gasteiger partial charge in [0.2, 0.25) is 0 Å². The Balaban J connectivity index is 0.000000941. The highest BCUT2D eigenvalue weighted by atomic mass is 16.6. The molecule has 0 amide bonds. The third-order valence-electron chi connectivity index (χ3n) is 5.34. The number of esters is 3. The summed E-state index contributed by atoms with van der Waals surface area (Å²) >= 11 is 0. The zero-order valence-corrected chi connectivity index (χ0v) is 16.0. The van der Waals surface area contributed by atoms with E-state index in [1.54, 1.807) is 18.2 Å². The maximum absolute atomic E-state index is 12.1. The maximum atomic E-state index is 12.1. The molecule has 0 bridgehead atoms. The molecule has 9 nitrogen and oxygen atoms in total. The minimum absolute atomic E-state index is 0.106. The van der Waals surface area contributed by atoms with Gasteiger partial charge in [-0.2, -0.15) is 9.59 Å². The van der Waals surface area contributed by atoms with Crippen molar-refractivity contribution >= 4 is 24.1 Å². The lowest BCUT2D eigenvalue weighted by Gasteiger charge is -2.17. The Hall–Kier alpha value is -2.87. The van der Waals surface area contributed by atoms with Gasteiger partial charge >= 0.3 is 24.1 Å². The lowest BCUT2D eigenvalue weighted by atomic mass is 9.87. The molecule has 3 fully saturated rings. The summed E-state index contributed by atoms with van der Waals surface area (Å²) in [5.41, 5.74) is 0. The van der Waals surface area contributed by atoms with Crippen molar-refractivity contribution in [2.24, 2.45) is 23.7 Å². The van der Waals surface area contributed by atoms with Gasteiger partial charge in [0.15, 0.2) is 0 Å². The minimum Gasteiger partial charge on any atom is -0.469 e. The second-order valence-corrected chi connectivity index (χ2v) is 6.77. The van der Waals surface area contributed by atoms with Crippen LogP contribution in [0.5, 0.6) is 0 Å². The minimum atomic E-state index is -0.715. The average Bonchev–Trinajstić information content (AvgIpc) is 3.32. The number of methoxy groups -OCH3 is 1. The Labute approximate surface area is 167 Å². The zero-order chi connectivity index (χ0) is 21.7. The number of rotatable bonds is 5. The molecule has 29 heavy (non-hydrogen) atoms. The molecule has 0 saturated carbocycles. The first-order valence-electron chi connectivity index (χ1n) is 8.91. The van der Waals surface area contributed by atoms with Gasteiger partial charge in [-0.3, -0.25) is 14.4 Å². The molecule has 0 aromatic rings. The second-order valence-electron chi connectivity index (χ2n) is 6.77. The fraction of sp³-hybridized carbons (Fsp3) is 0.500. The van der Waals surface area contributed by atoms with Gasteiger partial charge in [-0.15, -0.1) is 13.2 Å². The first-order chi connectivity index (χ1) is 13.8. The Bertz CT molecular complexity index is 749. The monoisotopic (exact) mass is 406 g/mol. The molecule has 0 aromatic heterocycles. The van der Waals surface area contributed by atoms with E-state index in [0.717, 1.165) is 0 Å². The van der Waals surface area contributed by atoms with Crippen molar-refractivity contribution in [2.75, 3.05) is 7.11 Å². The third-order valence-corrected chi connectivity index (χ3v) is 5.34. The van der Waals surface area contributed by atoms with Crippen LogP contribution in [0.1, 0.15) is 6.92 Å². The Morgan fingerprint density at radius 1 is 0.966 bits per heavy atom. The second kappa shape index (κ2) is 9.56. The highest BCUT2D eigenvalue weighted by molar-refractivity contribution is 5.98. The van der Waals surface area contributed by atoms with Crippen molar-refractivity contribution < 1.29 is 42.9 Å². The van der Waals surface area contributed by atoms with E-state index in [2.05, 4.69) is 13.2 Å². The molecule has 156 valence electrons. The summed E-state index contributed by atoms with van der Waals surface area (Å²) in [5, 5.41) is 0. The predicted molar refractivity (Wildman–Crippen MR) is 94.6 cm³/mol. The summed E-state index contributed by atoms with van der Waals surface area (Å²) in [7, 11) is 1.33. The quantitative estimate of drug-likeness (QED) is 0.367. The van der Waals surface area contributed by atoms with Gasteiger partial charge < -0.3 is 18.9 Å². The highest BCUT2D eigenvalue weighted by Crippen LogP contribution is 2.41. The number of hydrogen-bond donors (Lipinski definition) is 0. The van der Waals surface area contributed by atoms with Gasteiger partial charge in [-0.05, 0) is 0 Å². The molecule has 3 saturated heterocycles. The number of hydrogen-bond acceptors (Lipinski definition) is 9. The van der Waals surface area contributed by atoms with E-state index in [9.17, 15) is 14.4 Å². The molecule has 3 aliphatic rings. The van der Waals surface area contributed by atoms with Crippen LogP contribution in [0, 0.1) is 23.7 Å². The number of carbonyl (C=O) groups excluding carboxylic acids is 5. The van der Waals surface area contributed by atoms with Gasteiger partial charge in [0.1, 0.15) is 11.8 Å². The van der Waals surface area contributed by atoms with E-state index in [-0.39, 0.29) is 24.1 Å². The molecular weight excluding hydrogens is 384 g/mol. The average molecular weight is 406 g/mol. The first-order valence-corrected chi connectivity index (χ1v) is 8.91. The summed E-state index contributed by atoms with van der Waals surface area (Å²) in [6.07, 6.45) is 4.66. The molecule has 3 rings (SSSR count). The van der Waals surface area contributed by atoms with Crippen LogP contribution in [0.15, 0.2) is 37.5 Å². The lowest BCUT2D eigenvalue weighted by molar-refractivity contribution is -0.191. The van der Waals surface area contributed by atoms with Gasteiger partial charge in [-0.25, -0.2) is 0 Å². The van der Waals surface area contributed by atoms with E-state index in [4.69, 9.17) is 28.5 Å². The molecule has 8 atom stereocenters. The van der Waals surface area contributed by atoms with Gasteiger partial charge in [0.05, 0.1) is 37.4 Å². The van der Waals surface area contributed by atoms with Crippen LogP contribution in [0.2, 0.25) is 0 Å². The van der Waals surface area contributed by atoms with Gasteiger partial charge in [0, 0.05) is 5.92 Å². The smallest absolute Gasteiger partial charge is 0.373 e. The summed E-state index contributed by atoms with van der Waals surface area (Å²) in [6.45, 7) is 9.27. The van der Waals surface area contributed by atoms with E-state index in [0.29, 0.717) is 0 Å². The summed E-state index contributed by atoms with van der Waals surface area (Å²) in [4.78, 5) is 52.2. The third kappa shape index (κ3) is 4.27. The van der Waals surface area contributed by atoms with Crippen LogP contribution < -0.4 is 0 Å². The van der Waals surface area contributed by atoms with Crippen LogP contribution in [-0.4, -0.2) is 55.6 Å². The summed E-state index contributed by atoms with van der Waals surface area (Å²) in [6, 6.07) is 0. The number of cyclic esters (lactones) is 2. The Morgan fingerprint density at radius 3 is 1.97 bits per heavy atom. The van der Waals surface area contributed by atoms with Gasteiger partial charge in [-0.1, -0.05) is 31.2 Å². The fourth-order valence-corrected chi connectivity index (χ4v) is 3.96. The Kier molecular flexibility index (Phi) is 7.39. The largest absolute Gasteiger partial charge is 0.469 e. The van der Waals surface area contributed by atoms with Gasteiger partial charge in [0.25, 0.3) is 0 Å². The van der Waals surface area contributed by atoms with E-state index < -0.39 is 48.0 Å². The number of ether oxygens (including phenoxy) is 4. The molecule has 3 aliphatic heterocycles. The lowest BCUT2D eigenvalue weighted by Crippen LogP contribution is -2.29. The van der Waals surface area contributed by atoms with Crippen LogP contribution in [-0.2, 0) is 42.9 Å². The Morgan fingerprint density at radius 2 is 1.45 bits per heavy atom. The van der Waals surface area contributed by atoms with E-state index in [1.165, 1.54) is 13.2 Å². The van der Waals surface area contributed by atoms with Crippen LogP contribution in [0.3, 0.4) is 0 Å². The fourth-order valence-electron chi connectivity index (χ4n) is 3.96. The van der Waals surface area contributed by atoms with Crippen molar-refractivity contribution in [2.45, 2.75) is 31.3 Å². The van der Waals surface area contributed by atoms with Crippen molar-refractivity contribution in [1.82, 2.24) is 0 Å². The van der Waals surface area contributed by atoms with Crippen LogP contribution in [0.25, 0.3) is 0 Å². The molecule has 0 aromatic carbocycles. The molecule has 0 radical (unpaired) electrons. The predicted octanol–water partition coefficient (Wildman–Crippen LogP) is 0.607. The summed E-state index contributed by atoms with van der Waals surface area (Å²) in [5.74, 6) is -3.57. The van der Waals surface area contributed by atoms with Crippen molar-refractivity contribution in [3.8, 4) is 0 Å². The summed E-state index contributed by atoms with van der Waals surface area (Å²) < 4.78 is 21.2. The molecule has 3 heterocycles. The number of carbonyl (C=O) groups is 3. The molecule has 0 N–H and O–H groups in total. The standard InChI is InChI=1S/C19H22O7.CO2/c1-5-10-9(3)14(17(20)23-4)12(24-10)7-8-13-16-15(11(6-2)25-13)18(21)26-19(16)22;2-1-3/h5-16H,1-2H2,3-4H3;. The highest BCUT2D eigenvalue weighted by Gasteiger charge is 2.57. The van der Waals surface area contributed by atoms with Crippen molar-refractivity contribution in [3.05, 3.63) is 37.5 Å². The van der Waals surface area contributed by atoms with Crippen LogP contribution in [0.4, 0.5) is 0 Å². The normalized spacial score (nSPS) is 37.9. The molecule has 0 aliphatic carbocycles. The maximum Gasteiger partial charge on any atom is 0.373 e. The molecule has 0 spiro atoms. The van der Waals surface area contributed by atoms with E-state index in [1.807, 2.05) is 6.92 Å².